The fourth-order valence-electron chi connectivity index (χ4n) is 2.62. The molecule has 0 heterocycles. The lowest BCUT2D eigenvalue weighted by atomic mass is 10.1. The van der Waals surface area contributed by atoms with Crippen LogP contribution in [-0.4, -0.2) is 17.6 Å². The molecule has 3 N–H and O–H groups in total. The molecule has 0 aliphatic rings. The number of hydrogen-bond donors (Lipinski definition) is 3. The number of rotatable bonds is 6. The molecule has 0 fully saturated rings. The molecule has 7 heteroatoms. The first kappa shape index (κ1) is 20.8. The summed E-state index contributed by atoms with van der Waals surface area (Å²) in [4.78, 5) is 12.2. The van der Waals surface area contributed by atoms with E-state index in [0.29, 0.717) is 27.9 Å². The normalized spacial score (nSPS) is 10.3. The SMILES string of the molecule is O=C(Nc1ccc(NC(=S)NCCc2ccc(F)cc2)cc1)c1cccc(Cl)c1. The number of carbonyl (C=O) groups excluding carboxylic acids is 1. The second-order valence-corrected chi connectivity index (χ2v) is 7.14. The van der Waals surface area contributed by atoms with Gasteiger partial charge >= 0.3 is 0 Å². The molecule has 0 spiro atoms. The first-order valence-corrected chi connectivity index (χ1v) is 9.74. The number of thiocarbonyl (C=S) groups is 1. The summed E-state index contributed by atoms with van der Waals surface area (Å²) in [6.45, 7) is 0.630. The Morgan fingerprint density at radius 1 is 0.931 bits per heavy atom. The van der Waals surface area contributed by atoms with Gasteiger partial charge in [-0.2, -0.15) is 0 Å². The summed E-state index contributed by atoms with van der Waals surface area (Å²) < 4.78 is 12.9. The van der Waals surface area contributed by atoms with Crippen LogP contribution in [0.3, 0.4) is 0 Å². The lowest BCUT2D eigenvalue weighted by Gasteiger charge is -2.11. The first-order chi connectivity index (χ1) is 14.0. The fourth-order valence-corrected chi connectivity index (χ4v) is 3.03. The van der Waals surface area contributed by atoms with E-state index in [9.17, 15) is 9.18 Å². The molecule has 3 rings (SSSR count). The molecular weight excluding hydrogens is 409 g/mol. The molecule has 4 nitrogen and oxygen atoms in total. The maximum absolute atomic E-state index is 12.9. The molecule has 0 aliphatic heterocycles. The predicted octanol–water partition coefficient (Wildman–Crippen LogP) is 5.26. The van der Waals surface area contributed by atoms with Crippen molar-refractivity contribution in [2.45, 2.75) is 6.42 Å². The van der Waals surface area contributed by atoms with Crippen molar-refractivity contribution in [3.8, 4) is 0 Å². The number of carbonyl (C=O) groups is 1. The third kappa shape index (κ3) is 6.55. The van der Waals surface area contributed by atoms with Crippen LogP contribution in [-0.2, 0) is 6.42 Å². The van der Waals surface area contributed by atoms with E-state index >= 15 is 0 Å². The lowest BCUT2D eigenvalue weighted by molar-refractivity contribution is 0.102. The van der Waals surface area contributed by atoms with Crippen LogP contribution in [0.5, 0.6) is 0 Å². The van der Waals surface area contributed by atoms with Crippen LogP contribution in [0.25, 0.3) is 0 Å². The van der Waals surface area contributed by atoms with E-state index in [4.69, 9.17) is 23.8 Å². The summed E-state index contributed by atoms with van der Waals surface area (Å²) in [6.07, 6.45) is 0.733. The van der Waals surface area contributed by atoms with E-state index in [1.54, 1.807) is 48.5 Å². The Morgan fingerprint density at radius 2 is 1.59 bits per heavy atom. The Balaban J connectivity index is 1.46. The largest absolute Gasteiger partial charge is 0.362 e. The van der Waals surface area contributed by atoms with Crippen LogP contribution >= 0.6 is 23.8 Å². The van der Waals surface area contributed by atoms with Crippen LogP contribution in [0.1, 0.15) is 15.9 Å². The van der Waals surface area contributed by atoms with E-state index in [1.165, 1.54) is 12.1 Å². The summed E-state index contributed by atoms with van der Waals surface area (Å²) in [5, 5.41) is 10.0. The van der Waals surface area contributed by atoms with Crippen molar-refractivity contribution in [3.05, 3.63) is 94.8 Å². The van der Waals surface area contributed by atoms with E-state index in [2.05, 4.69) is 16.0 Å². The minimum atomic E-state index is -0.244. The fraction of sp³-hybridized carbons (Fsp3) is 0.0909. The number of nitrogens with one attached hydrogen (secondary N) is 3. The molecule has 1 amide bonds. The zero-order chi connectivity index (χ0) is 20.6. The van der Waals surface area contributed by atoms with E-state index < -0.39 is 0 Å². The molecule has 0 unspecified atom stereocenters. The summed E-state index contributed by atoms with van der Waals surface area (Å²) in [5.41, 5.74) is 2.98. The average Bonchev–Trinajstić information content (AvgIpc) is 2.71. The molecule has 3 aromatic rings. The number of amides is 1. The van der Waals surface area contributed by atoms with Crippen molar-refractivity contribution < 1.29 is 9.18 Å². The first-order valence-electron chi connectivity index (χ1n) is 8.96. The summed E-state index contributed by atoms with van der Waals surface area (Å²) in [6, 6.07) is 20.4. The van der Waals surface area contributed by atoms with Crippen molar-refractivity contribution >= 4 is 46.2 Å². The zero-order valence-corrected chi connectivity index (χ0v) is 17.0. The van der Waals surface area contributed by atoms with Crippen LogP contribution in [0.4, 0.5) is 15.8 Å². The van der Waals surface area contributed by atoms with Crippen molar-refractivity contribution in [1.82, 2.24) is 5.32 Å². The van der Waals surface area contributed by atoms with Gasteiger partial charge in [-0.25, -0.2) is 4.39 Å². The van der Waals surface area contributed by atoms with Gasteiger partial charge in [0.25, 0.3) is 5.91 Å². The molecule has 0 atom stereocenters. The minimum absolute atomic E-state index is 0.230. The van der Waals surface area contributed by atoms with Gasteiger partial charge in [0.05, 0.1) is 0 Å². The summed E-state index contributed by atoms with van der Waals surface area (Å²) in [7, 11) is 0. The smallest absolute Gasteiger partial charge is 0.255 e. The third-order valence-electron chi connectivity index (χ3n) is 4.10. The van der Waals surface area contributed by atoms with E-state index in [-0.39, 0.29) is 11.7 Å². The molecule has 0 aromatic heterocycles. The maximum Gasteiger partial charge on any atom is 0.255 e. The van der Waals surface area contributed by atoms with Gasteiger partial charge in [-0.1, -0.05) is 29.8 Å². The summed E-state index contributed by atoms with van der Waals surface area (Å²) >= 11 is 11.2. The molecular formula is C22H19ClFN3OS. The predicted molar refractivity (Wildman–Crippen MR) is 120 cm³/mol. The van der Waals surface area contributed by atoms with E-state index in [0.717, 1.165) is 17.7 Å². The van der Waals surface area contributed by atoms with Crippen molar-refractivity contribution in [2.75, 3.05) is 17.2 Å². The van der Waals surface area contributed by atoms with Crippen molar-refractivity contribution in [2.24, 2.45) is 0 Å². The van der Waals surface area contributed by atoms with Gasteiger partial charge in [0.15, 0.2) is 5.11 Å². The van der Waals surface area contributed by atoms with Crippen LogP contribution in [0, 0.1) is 5.82 Å². The van der Waals surface area contributed by atoms with Gasteiger partial charge in [-0.15, -0.1) is 0 Å². The number of halogens is 2. The Labute approximate surface area is 179 Å². The van der Waals surface area contributed by atoms with Crippen molar-refractivity contribution in [1.29, 1.82) is 0 Å². The molecule has 0 aliphatic carbocycles. The highest BCUT2D eigenvalue weighted by Crippen LogP contribution is 2.16. The van der Waals surface area contributed by atoms with Crippen LogP contribution < -0.4 is 16.0 Å². The molecule has 0 bridgehead atoms. The highest BCUT2D eigenvalue weighted by Gasteiger charge is 2.06. The van der Waals surface area contributed by atoms with Crippen LogP contribution in [0.15, 0.2) is 72.8 Å². The second-order valence-electron chi connectivity index (χ2n) is 6.30. The number of hydrogen-bond acceptors (Lipinski definition) is 2. The molecule has 29 heavy (non-hydrogen) atoms. The van der Waals surface area contributed by atoms with Crippen molar-refractivity contribution in [3.63, 3.8) is 0 Å². The molecule has 148 valence electrons. The molecule has 0 radical (unpaired) electrons. The molecule has 0 saturated heterocycles. The maximum atomic E-state index is 12.9. The Morgan fingerprint density at radius 3 is 2.24 bits per heavy atom. The Kier molecular flexibility index (Phi) is 7.16. The van der Waals surface area contributed by atoms with Gasteiger partial charge in [0, 0.05) is 28.5 Å². The highest BCUT2D eigenvalue weighted by atomic mass is 35.5. The minimum Gasteiger partial charge on any atom is -0.362 e. The highest BCUT2D eigenvalue weighted by molar-refractivity contribution is 7.80. The Hall–Kier alpha value is -2.96. The molecule has 0 saturated carbocycles. The van der Waals surface area contributed by atoms with Gasteiger partial charge in [-0.05, 0) is 78.8 Å². The Bertz CT molecular complexity index is 994. The third-order valence-corrected chi connectivity index (χ3v) is 4.58. The quantitative estimate of drug-likeness (QED) is 0.469. The van der Waals surface area contributed by atoms with Gasteiger partial charge in [0.2, 0.25) is 0 Å². The van der Waals surface area contributed by atoms with E-state index in [1.807, 2.05) is 12.1 Å². The summed E-state index contributed by atoms with van der Waals surface area (Å²) in [5.74, 6) is -0.475. The van der Waals surface area contributed by atoms with Crippen LogP contribution in [0.2, 0.25) is 5.02 Å². The zero-order valence-electron chi connectivity index (χ0n) is 15.4. The molecule has 3 aromatic carbocycles. The number of anilines is 2. The second kappa shape index (κ2) is 10.0. The van der Waals surface area contributed by atoms with Gasteiger partial charge in [-0.3, -0.25) is 4.79 Å². The average molecular weight is 428 g/mol. The lowest BCUT2D eigenvalue weighted by Crippen LogP contribution is -2.30. The van der Waals surface area contributed by atoms with Gasteiger partial charge < -0.3 is 16.0 Å². The monoisotopic (exact) mass is 427 g/mol. The number of benzene rings is 3. The topological polar surface area (TPSA) is 53.2 Å². The standard InChI is InChI=1S/C22H19ClFN3OS/c23-17-3-1-2-16(14-17)21(28)26-19-8-10-20(11-9-19)27-22(29)25-13-12-15-4-6-18(24)7-5-15/h1-11,14H,12-13H2,(H,26,28)(H2,25,27,29). The van der Waals surface area contributed by atoms with Gasteiger partial charge in [0.1, 0.15) is 5.82 Å².